The molecule has 4 nitrogen and oxygen atoms in total. The van der Waals surface area contributed by atoms with Crippen molar-refractivity contribution in [2.24, 2.45) is 0 Å². The first-order chi connectivity index (χ1) is 5.45. The first kappa shape index (κ1) is 20.0. The molecule has 0 amide bonds. The standard InChI is InChI=1S/C6H8Br2O4.2ClH/c7-3(1-2-4(9)10)5(8)6(11)12;;/h3,5H,1-2H2,(H,9,10)(H,11,12);2*1H. The molecule has 0 fully saturated rings. The van der Waals surface area contributed by atoms with Crippen LogP contribution in [-0.2, 0) is 9.59 Å². The normalized spacial score (nSPS) is 13.0. The predicted molar refractivity (Wildman–Crippen MR) is 64.4 cm³/mol. The average molecular weight is 377 g/mol. The van der Waals surface area contributed by atoms with Gasteiger partial charge in [0.25, 0.3) is 0 Å². The number of carbonyl (C=O) groups is 2. The molecule has 14 heavy (non-hydrogen) atoms. The van der Waals surface area contributed by atoms with E-state index in [-0.39, 0.29) is 42.5 Å². The molecule has 0 aromatic carbocycles. The Morgan fingerprint density at radius 2 is 1.57 bits per heavy atom. The first-order valence-corrected chi connectivity index (χ1v) is 5.01. The molecule has 0 saturated carbocycles. The van der Waals surface area contributed by atoms with Gasteiger partial charge in [0.05, 0.1) is 0 Å². The number of aliphatic carboxylic acids is 2. The number of alkyl halides is 2. The Morgan fingerprint density at radius 1 is 1.14 bits per heavy atom. The molecule has 0 heterocycles. The van der Waals surface area contributed by atoms with Crippen LogP contribution in [0, 0.1) is 0 Å². The van der Waals surface area contributed by atoms with Crippen molar-refractivity contribution in [3.8, 4) is 0 Å². The minimum atomic E-state index is -0.998. The number of carboxylic acid groups (broad SMARTS) is 2. The fraction of sp³-hybridized carbons (Fsp3) is 0.667. The van der Waals surface area contributed by atoms with Crippen LogP contribution in [0.2, 0.25) is 0 Å². The molecule has 86 valence electrons. The van der Waals surface area contributed by atoms with Crippen molar-refractivity contribution in [1.82, 2.24) is 0 Å². The fourth-order valence-corrected chi connectivity index (χ4v) is 1.28. The van der Waals surface area contributed by atoms with Crippen LogP contribution in [0.5, 0.6) is 0 Å². The van der Waals surface area contributed by atoms with Crippen LogP contribution < -0.4 is 0 Å². The first-order valence-electron chi connectivity index (χ1n) is 3.18. The van der Waals surface area contributed by atoms with Gasteiger partial charge in [0.1, 0.15) is 4.83 Å². The topological polar surface area (TPSA) is 74.6 Å². The summed E-state index contributed by atoms with van der Waals surface area (Å²) in [5, 5.41) is 16.8. The summed E-state index contributed by atoms with van der Waals surface area (Å²) >= 11 is 6.00. The Balaban J connectivity index is -0.000000605. The van der Waals surface area contributed by atoms with Crippen LogP contribution in [0.4, 0.5) is 0 Å². The second kappa shape index (κ2) is 10.0. The van der Waals surface area contributed by atoms with E-state index < -0.39 is 16.8 Å². The van der Waals surface area contributed by atoms with Gasteiger partial charge >= 0.3 is 11.9 Å². The molecule has 0 aliphatic rings. The SMILES string of the molecule is Cl.Cl.O=C(O)CCC(Br)C(Br)C(=O)O. The van der Waals surface area contributed by atoms with Crippen LogP contribution in [0.3, 0.4) is 0 Å². The van der Waals surface area contributed by atoms with Gasteiger partial charge in [-0.05, 0) is 6.42 Å². The predicted octanol–water partition coefficient (Wildman–Crippen LogP) is 2.31. The lowest BCUT2D eigenvalue weighted by atomic mass is 10.2. The highest BCUT2D eigenvalue weighted by atomic mass is 79.9. The molecule has 8 heteroatoms. The van der Waals surface area contributed by atoms with Crippen molar-refractivity contribution in [1.29, 1.82) is 0 Å². The van der Waals surface area contributed by atoms with Gasteiger partial charge in [-0.3, -0.25) is 9.59 Å². The van der Waals surface area contributed by atoms with Gasteiger partial charge in [-0.25, -0.2) is 0 Å². The molecule has 0 saturated heterocycles. The second-order valence-corrected chi connectivity index (χ2v) is 4.35. The molecule has 0 bridgehead atoms. The minimum Gasteiger partial charge on any atom is -0.481 e. The maximum atomic E-state index is 10.4. The number of rotatable bonds is 5. The highest BCUT2D eigenvalue weighted by molar-refractivity contribution is 9.12. The van der Waals surface area contributed by atoms with E-state index in [9.17, 15) is 9.59 Å². The van der Waals surface area contributed by atoms with Crippen LogP contribution in [0.15, 0.2) is 0 Å². The summed E-state index contributed by atoms with van der Waals surface area (Å²) in [6, 6.07) is 0. The number of halogens is 4. The summed E-state index contributed by atoms with van der Waals surface area (Å²) in [5.74, 6) is -1.92. The second-order valence-electron chi connectivity index (χ2n) is 2.19. The summed E-state index contributed by atoms with van der Waals surface area (Å²) in [6.45, 7) is 0. The molecule has 0 aliphatic heterocycles. The third kappa shape index (κ3) is 9.05. The van der Waals surface area contributed by atoms with Gasteiger partial charge in [0, 0.05) is 11.2 Å². The monoisotopic (exact) mass is 374 g/mol. The fourth-order valence-electron chi connectivity index (χ4n) is 0.562. The summed E-state index contributed by atoms with van der Waals surface area (Å²) in [6.07, 6.45) is 0.253. The van der Waals surface area contributed by atoms with E-state index in [0.717, 1.165) is 0 Å². The molecular formula is C6H10Br2Cl2O4. The summed E-state index contributed by atoms with van der Waals surface area (Å²) in [7, 11) is 0. The Bertz CT molecular complexity index is 191. The lowest BCUT2D eigenvalue weighted by Gasteiger charge is -2.10. The number of carboxylic acids is 2. The molecule has 2 N–H and O–H groups in total. The smallest absolute Gasteiger partial charge is 0.318 e. The van der Waals surface area contributed by atoms with E-state index in [1.807, 2.05) is 0 Å². The molecular weight excluding hydrogens is 367 g/mol. The quantitative estimate of drug-likeness (QED) is 0.722. The Kier molecular flexibility index (Phi) is 14.3. The average Bonchev–Trinajstić information content (AvgIpc) is 1.98. The highest BCUT2D eigenvalue weighted by Gasteiger charge is 2.23. The molecule has 0 aliphatic carbocycles. The van der Waals surface area contributed by atoms with E-state index in [0.29, 0.717) is 0 Å². The summed E-state index contributed by atoms with van der Waals surface area (Å²) in [4.78, 5) is 19.4. The van der Waals surface area contributed by atoms with Crippen molar-refractivity contribution >= 4 is 68.6 Å². The minimum absolute atomic E-state index is 0. The Labute approximate surface area is 111 Å². The van der Waals surface area contributed by atoms with Crippen molar-refractivity contribution in [3.63, 3.8) is 0 Å². The zero-order valence-electron chi connectivity index (χ0n) is 6.85. The lowest BCUT2D eigenvalue weighted by molar-refractivity contribution is -0.138. The van der Waals surface area contributed by atoms with Crippen molar-refractivity contribution in [2.75, 3.05) is 0 Å². The van der Waals surface area contributed by atoms with Crippen LogP contribution >= 0.6 is 56.7 Å². The molecule has 2 unspecified atom stereocenters. The van der Waals surface area contributed by atoms with Gasteiger partial charge in [-0.15, -0.1) is 24.8 Å². The van der Waals surface area contributed by atoms with Gasteiger partial charge in [-0.2, -0.15) is 0 Å². The van der Waals surface area contributed by atoms with Crippen molar-refractivity contribution in [3.05, 3.63) is 0 Å². The molecule has 0 radical (unpaired) electrons. The van der Waals surface area contributed by atoms with Gasteiger partial charge in [0.2, 0.25) is 0 Å². The van der Waals surface area contributed by atoms with Gasteiger partial charge in [0.15, 0.2) is 0 Å². The van der Waals surface area contributed by atoms with E-state index in [1.165, 1.54) is 0 Å². The third-order valence-corrected chi connectivity index (χ3v) is 3.91. The molecule has 0 aromatic heterocycles. The third-order valence-electron chi connectivity index (χ3n) is 1.19. The maximum Gasteiger partial charge on any atom is 0.318 e. The van der Waals surface area contributed by atoms with E-state index in [2.05, 4.69) is 31.9 Å². The van der Waals surface area contributed by atoms with Crippen LogP contribution in [0.1, 0.15) is 12.8 Å². The van der Waals surface area contributed by atoms with Crippen molar-refractivity contribution < 1.29 is 19.8 Å². The maximum absolute atomic E-state index is 10.4. The van der Waals surface area contributed by atoms with Gasteiger partial charge < -0.3 is 10.2 Å². The lowest BCUT2D eigenvalue weighted by Crippen LogP contribution is -2.24. The van der Waals surface area contributed by atoms with Crippen LogP contribution in [0.25, 0.3) is 0 Å². The zero-order chi connectivity index (χ0) is 9.72. The van der Waals surface area contributed by atoms with E-state index in [1.54, 1.807) is 0 Å². The van der Waals surface area contributed by atoms with Crippen molar-refractivity contribution in [2.45, 2.75) is 22.5 Å². The Hall–Kier alpha value is 0.480. The largest absolute Gasteiger partial charge is 0.481 e. The highest BCUT2D eigenvalue weighted by Crippen LogP contribution is 2.19. The van der Waals surface area contributed by atoms with E-state index >= 15 is 0 Å². The van der Waals surface area contributed by atoms with Gasteiger partial charge in [-0.1, -0.05) is 31.9 Å². The molecule has 0 rings (SSSR count). The number of hydrogen-bond donors (Lipinski definition) is 2. The zero-order valence-corrected chi connectivity index (χ0v) is 11.7. The Morgan fingerprint density at radius 3 is 1.86 bits per heavy atom. The molecule has 0 spiro atoms. The molecule has 2 atom stereocenters. The van der Waals surface area contributed by atoms with E-state index in [4.69, 9.17) is 10.2 Å². The number of hydrogen-bond acceptors (Lipinski definition) is 2. The molecule has 0 aromatic rings. The summed E-state index contributed by atoms with van der Waals surface area (Å²) < 4.78 is 0. The summed E-state index contributed by atoms with van der Waals surface area (Å²) in [5.41, 5.74) is 0. The van der Waals surface area contributed by atoms with Crippen LogP contribution in [-0.4, -0.2) is 31.8 Å².